The maximum absolute atomic E-state index is 12.4. The van der Waals surface area contributed by atoms with Crippen LogP contribution in [0.5, 0.6) is 0 Å². The molecule has 0 fully saturated rings. The third kappa shape index (κ3) is 28.1. The molecule has 0 aliphatic rings. The predicted molar refractivity (Wildman–Crippen MR) is 181 cm³/mol. The number of hydrogen-bond donors (Lipinski definition) is 4. The monoisotopic (exact) mass is 598 g/mol. The summed E-state index contributed by atoms with van der Waals surface area (Å²) in [5.41, 5.74) is 0. The second kappa shape index (κ2) is 33.2. The fraction of sp³-hybridized carbons (Fsp3) is 0.973. The van der Waals surface area contributed by atoms with Crippen molar-refractivity contribution in [1.29, 1.82) is 0 Å². The Labute approximate surface area is 262 Å². The van der Waals surface area contributed by atoms with E-state index in [2.05, 4.69) is 19.2 Å². The summed E-state index contributed by atoms with van der Waals surface area (Å²) < 4.78 is 0. The Morgan fingerprint density at radius 1 is 0.476 bits per heavy atom. The zero-order chi connectivity index (χ0) is 30.9. The first-order valence-electron chi connectivity index (χ1n) is 18.8. The Balaban J connectivity index is 3.61. The van der Waals surface area contributed by atoms with Gasteiger partial charge in [0.05, 0.1) is 18.8 Å². The SMILES string of the molecule is CCCCCCCCCCCCCCCCCCCCC(O)C(=O)NC(CO)C(O)CCCCCCCCCCCC. The van der Waals surface area contributed by atoms with E-state index in [1.807, 2.05) is 0 Å². The normalized spacial score (nSPS) is 13.7. The third-order valence-corrected chi connectivity index (χ3v) is 8.98. The summed E-state index contributed by atoms with van der Waals surface area (Å²) in [6.45, 7) is 4.21. The number of aliphatic hydroxyl groups excluding tert-OH is 3. The summed E-state index contributed by atoms with van der Waals surface area (Å²) in [5.74, 6) is -0.469. The van der Waals surface area contributed by atoms with Gasteiger partial charge in [0.1, 0.15) is 6.10 Å². The Morgan fingerprint density at radius 2 is 0.762 bits per heavy atom. The first-order valence-corrected chi connectivity index (χ1v) is 18.8. The molecule has 0 aliphatic carbocycles. The lowest BCUT2D eigenvalue weighted by atomic mass is 10.0. The molecule has 252 valence electrons. The second-order valence-electron chi connectivity index (χ2n) is 13.2. The van der Waals surface area contributed by atoms with Crippen LogP contribution in [0, 0.1) is 0 Å². The van der Waals surface area contributed by atoms with Crippen LogP contribution in [0.2, 0.25) is 0 Å². The molecule has 0 heterocycles. The van der Waals surface area contributed by atoms with Gasteiger partial charge in [-0.25, -0.2) is 0 Å². The van der Waals surface area contributed by atoms with Crippen molar-refractivity contribution in [3.63, 3.8) is 0 Å². The number of carbonyl (C=O) groups excluding carboxylic acids is 1. The van der Waals surface area contributed by atoms with E-state index in [-0.39, 0.29) is 6.61 Å². The van der Waals surface area contributed by atoms with Crippen LogP contribution in [-0.2, 0) is 4.79 Å². The highest BCUT2D eigenvalue weighted by Gasteiger charge is 2.23. The maximum atomic E-state index is 12.4. The van der Waals surface area contributed by atoms with E-state index in [1.54, 1.807) is 0 Å². The molecule has 0 rings (SSSR count). The summed E-state index contributed by atoms with van der Waals surface area (Å²) in [4.78, 5) is 12.4. The molecule has 5 nitrogen and oxygen atoms in total. The predicted octanol–water partition coefficient (Wildman–Crippen LogP) is 9.93. The van der Waals surface area contributed by atoms with Crippen LogP contribution in [0.1, 0.15) is 206 Å². The fourth-order valence-corrected chi connectivity index (χ4v) is 5.95. The van der Waals surface area contributed by atoms with Gasteiger partial charge in [0.15, 0.2) is 0 Å². The van der Waals surface area contributed by atoms with Crippen molar-refractivity contribution in [2.24, 2.45) is 0 Å². The molecule has 1 amide bonds. The van der Waals surface area contributed by atoms with Gasteiger partial charge in [-0.05, 0) is 12.8 Å². The molecule has 0 saturated heterocycles. The van der Waals surface area contributed by atoms with Gasteiger partial charge in [-0.15, -0.1) is 0 Å². The van der Waals surface area contributed by atoms with E-state index >= 15 is 0 Å². The smallest absolute Gasteiger partial charge is 0.249 e. The van der Waals surface area contributed by atoms with Crippen molar-refractivity contribution in [1.82, 2.24) is 5.32 Å². The van der Waals surface area contributed by atoms with Crippen LogP contribution in [0.25, 0.3) is 0 Å². The fourth-order valence-electron chi connectivity index (χ4n) is 5.95. The summed E-state index contributed by atoms with van der Waals surface area (Å²) in [6.07, 6.45) is 35.2. The van der Waals surface area contributed by atoms with Gasteiger partial charge in [0, 0.05) is 0 Å². The molecule has 0 aromatic rings. The van der Waals surface area contributed by atoms with Gasteiger partial charge >= 0.3 is 0 Å². The lowest BCUT2D eigenvalue weighted by Gasteiger charge is -2.23. The maximum Gasteiger partial charge on any atom is 0.249 e. The Hall–Kier alpha value is -0.650. The highest BCUT2D eigenvalue weighted by atomic mass is 16.3. The van der Waals surface area contributed by atoms with Crippen molar-refractivity contribution in [3.05, 3.63) is 0 Å². The second-order valence-corrected chi connectivity index (χ2v) is 13.2. The van der Waals surface area contributed by atoms with E-state index in [1.165, 1.54) is 148 Å². The molecule has 0 aromatic carbocycles. The average molecular weight is 598 g/mol. The molecule has 3 atom stereocenters. The molecule has 42 heavy (non-hydrogen) atoms. The first kappa shape index (κ1) is 41.4. The first-order chi connectivity index (χ1) is 20.6. The van der Waals surface area contributed by atoms with Gasteiger partial charge in [0.2, 0.25) is 5.91 Å². The van der Waals surface area contributed by atoms with Gasteiger partial charge < -0.3 is 20.6 Å². The minimum Gasteiger partial charge on any atom is -0.394 e. The molecule has 0 bridgehead atoms. The number of aliphatic hydroxyl groups is 3. The highest BCUT2D eigenvalue weighted by molar-refractivity contribution is 5.80. The lowest BCUT2D eigenvalue weighted by molar-refractivity contribution is -0.131. The number of amides is 1. The minimum absolute atomic E-state index is 0.309. The molecule has 3 unspecified atom stereocenters. The van der Waals surface area contributed by atoms with Crippen LogP contribution in [0.4, 0.5) is 0 Å². The van der Waals surface area contributed by atoms with E-state index < -0.39 is 24.2 Å². The minimum atomic E-state index is -1.07. The highest BCUT2D eigenvalue weighted by Crippen LogP contribution is 2.16. The number of rotatable bonds is 34. The van der Waals surface area contributed by atoms with Crippen LogP contribution in [0.15, 0.2) is 0 Å². The Morgan fingerprint density at radius 3 is 1.07 bits per heavy atom. The number of nitrogens with one attached hydrogen (secondary N) is 1. The summed E-state index contributed by atoms with van der Waals surface area (Å²) in [7, 11) is 0. The van der Waals surface area contributed by atoms with Crippen LogP contribution in [0.3, 0.4) is 0 Å². The van der Waals surface area contributed by atoms with Gasteiger partial charge in [0.25, 0.3) is 0 Å². The summed E-state index contributed by atoms with van der Waals surface area (Å²) in [6, 6.07) is -0.703. The van der Waals surface area contributed by atoms with E-state index in [0.717, 1.165) is 32.1 Å². The van der Waals surface area contributed by atoms with Gasteiger partial charge in [-0.2, -0.15) is 0 Å². The Kier molecular flexibility index (Phi) is 32.7. The molecule has 5 heteroatoms. The van der Waals surface area contributed by atoms with Crippen LogP contribution >= 0.6 is 0 Å². The number of hydrogen-bond acceptors (Lipinski definition) is 4. The Bertz CT molecular complexity index is 544. The molecule has 0 radical (unpaired) electrons. The molecule has 0 spiro atoms. The van der Waals surface area contributed by atoms with Crippen molar-refractivity contribution in [2.75, 3.05) is 6.61 Å². The van der Waals surface area contributed by atoms with Crippen LogP contribution in [-0.4, -0.2) is 46.1 Å². The van der Waals surface area contributed by atoms with E-state index in [0.29, 0.717) is 12.8 Å². The van der Waals surface area contributed by atoms with E-state index in [9.17, 15) is 20.1 Å². The largest absolute Gasteiger partial charge is 0.394 e. The average Bonchev–Trinajstić information content (AvgIpc) is 2.99. The molecule has 0 saturated carbocycles. The third-order valence-electron chi connectivity index (χ3n) is 8.98. The molecule has 0 aliphatic heterocycles. The standard InChI is InChI=1S/C37H75NO4/c1-3-5-7-9-11-13-15-16-17-18-19-20-21-22-24-26-28-30-32-36(41)37(42)38-34(33-39)35(40)31-29-27-25-23-14-12-10-8-6-4-2/h34-36,39-41H,3-33H2,1-2H3,(H,38,42). The van der Waals surface area contributed by atoms with Crippen molar-refractivity contribution in [2.45, 2.75) is 225 Å². The zero-order valence-electron chi connectivity index (χ0n) is 28.4. The molecular weight excluding hydrogens is 522 g/mol. The van der Waals surface area contributed by atoms with Crippen LogP contribution < -0.4 is 5.32 Å². The summed E-state index contributed by atoms with van der Waals surface area (Å²) in [5, 5.41) is 33.1. The number of unbranched alkanes of at least 4 members (excludes halogenated alkanes) is 26. The lowest BCUT2D eigenvalue weighted by Crippen LogP contribution is -2.49. The zero-order valence-corrected chi connectivity index (χ0v) is 28.4. The van der Waals surface area contributed by atoms with Crippen molar-refractivity contribution < 1.29 is 20.1 Å². The van der Waals surface area contributed by atoms with Gasteiger partial charge in [-0.3, -0.25) is 4.79 Å². The molecule has 4 N–H and O–H groups in total. The molecule has 0 aromatic heterocycles. The topological polar surface area (TPSA) is 89.8 Å². The molecular formula is C37H75NO4. The van der Waals surface area contributed by atoms with Crippen molar-refractivity contribution in [3.8, 4) is 0 Å². The van der Waals surface area contributed by atoms with Crippen molar-refractivity contribution >= 4 is 5.91 Å². The number of carbonyl (C=O) groups is 1. The van der Waals surface area contributed by atoms with Gasteiger partial charge in [-0.1, -0.05) is 194 Å². The van der Waals surface area contributed by atoms with E-state index in [4.69, 9.17) is 0 Å². The summed E-state index contributed by atoms with van der Waals surface area (Å²) >= 11 is 0. The quantitative estimate of drug-likeness (QED) is 0.0556.